The molecular weight excluding hydrogens is 421 g/mol. The Balaban J connectivity index is 1.73. The SMILES string of the molecule is CC1(C)C(N)=NC(c2sc(-c3cc(F)cc(-c4cnco4)c3)cc2Cl)CS1=O. The van der Waals surface area contributed by atoms with E-state index in [0.717, 1.165) is 9.75 Å². The van der Waals surface area contributed by atoms with Crippen molar-refractivity contribution in [2.75, 3.05) is 5.75 Å². The zero-order valence-corrected chi connectivity index (χ0v) is 17.5. The molecule has 3 aromatic rings. The molecule has 0 spiro atoms. The molecule has 4 rings (SSSR count). The van der Waals surface area contributed by atoms with Crippen LogP contribution in [0.15, 0.2) is 46.3 Å². The lowest BCUT2D eigenvalue weighted by molar-refractivity contribution is 0.570. The smallest absolute Gasteiger partial charge is 0.181 e. The number of amidine groups is 1. The van der Waals surface area contributed by atoms with Crippen LogP contribution in [-0.4, -0.2) is 25.5 Å². The normalized spacial score (nSPS) is 21.5. The van der Waals surface area contributed by atoms with Crippen LogP contribution in [0.5, 0.6) is 0 Å². The maximum Gasteiger partial charge on any atom is 0.181 e. The summed E-state index contributed by atoms with van der Waals surface area (Å²) in [5.41, 5.74) is 7.30. The second-order valence-corrected chi connectivity index (χ2v) is 10.5. The number of thiophene rings is 1. The number of rotatable bonds is 3. The molecule has 0 fully saturated rings. The quantitative estimate of drug-likeness (QED) is 0.638. The molecule has 5 nitrogen and oxygen atoms in total. The van der Waals surface area contributed by atoms with E-state index < -0.39 is 21.4 Å². The maximum atomic E-state index is 14.2. The van der Waals surface area contributed by atoms with E-state index in [1.165, 1.54) is 36.1 Å². The van der Waals surface area contributed by atoms with Crippen LogP contribution in [0.2, 0.25) is 5.02 Å². The Morgan fingerprint density at radius 3 is 2.75 bits per heavy atom. The van der Waals surface area contributed by atoms with E-state index in [4.69, 9.17) is 21.8 Å². The van der Waals surface area contributed by atoms with Crippen molar-refractivity contribution in [2.45, 2.75) is 24.6 Å². The fourth-order valence-corrected chi connectivity index (χ4v) is 5.78. The van der Waals surface area contributed by atoms with Gasteiger partial charge in [0.2, 0.25) is 0 Å². The highest BCUT2D eigenvalue weighted by atomic mass is 35.5. The molecule has 1 aliphatic rings. The third-order valence-electron chi connectivity index (χ3n) is 4.71. The first-order chi connectivity index (χ1) is 13.3. The minimum Gasteiger partial charge on any atom is -0.444 e. The van der Waals surface area contributed by atoms with Crippen molar-refractivity contribution in [3.8, 4) is 21.8 Å². The van der Waals surface area contributed by atoms with Crippen LogP contribution in [-0.2, 0) is 10.8 Å². The van der Waals surface area contributed by atoms with Gasteiger partial charge in [0.05, 0.1) is 27.8 Å². The summed E-state index contributed by atoms with van der Waals surface area (Å²) in [4.78, 5) is 9.96. The van der Waals surface area contributed by atoms with Crippen LogP contribution in [0, 0.1) is 5.82 Å². The predicted molar refractivity (Wildman–Crippen MR) is 112 cm³/mol. The lowest BCUT2D eigenvalue weighted by Crippen LogP contribution is -2.47. The summed E-state index contributed by atoms with van der Waals surface area (Å²) in [5.74, 6) is 0.787. The lowest BCUT2D eigenvalue weighted by Gasteiger charge is -2.30. The summed E-state index contributed by atoms with van der Waals surface area (Å²) in [6, 6.07) is 6.04. The van der Waals surface area contributed by atoms with Gasteiger partial charge >= 0.3 is 0 Å². The molecule has 1 aliphatic heterocycles. The van der Waals surface area contributed by atoms with Crippen molar-refractivity contribution in [1.82, 2.24) is 4.98 Å². The van der Waals surface area contributed by atoms with E-state index in [9.17, 15) is 8.60 Å². The maximum absolute atomic E-state index is 14.2. The third-order valence-corrected chi connectivity index (χ3v) is 8.38. The molecule has 0 bridgehead atoms. The predicted octanol–water partition coefficient (Wildman–Crippen LogP) is 4.80. The standard InChI is InChI=1S/C19H17ClFN3O2S2/c1-19(2)18(22)24-14(8-28(19)25)17-13(20)6-16(27-17)11-3-10(4-12(21)5-11)15-7-23-9-26-15/h3-7,9,14H,8H2,1-2H3,(H2,22,24). The van der Waals surface area contributed by atoms with Gasteiger partial charge in [-0.1, -0.05) is 11.6 Å². The van der Waals surface area contributed by atoms with Gasteiger partial charge in [0, 0.05) is 26.1 Å². The number of oxazole rings is 1. The van der Waals surface area contributed by atoms with E-state index in [1.807, 2.05) is 19.9 Å². The van der Waals surface area contributed by atoms with Crippen LogP contribution < -0.4 is 5.73 Å². The van der Waals surface area contributed by atoms with Crippen molar-refractivity contribution in [1.29, 1.82) is 0 Å². The molecule has 2 aromatic heterocycles. The average Bonchev–Trinajstić information content (AvgIpc) is 3.29. The number of nitrogens with two attached hydrogens (primary N) is 1. The highest BCUT2D eigenvalue weighted by Crippen LogP contribution is 2.42. The Labute approximate surface area is 172 Å². The molecule has 0 aliphatic carbocycles. The van der Waals surface area contributed by atoms with Gasteiger partial charge in [0.25, 0.3) is 0 Å². The molecule has 146 valence electrons. The molecule has 2 atom stereocenters. The van der Waals surface area contributed by atoms with E-state index in [0.29, 0.717) is 33.5 Å². The first-order valence-corrected chi connectivity index (χ1v) is 11.0. The zero-order valence-electron chi connectivity index (χ0n) is 15.1. The summed E-state index contributed by atoms with van der Waals surface area (Å²) < 4.78 is 31.4. The van der Waals surface area contributed by atoms with Crippen molar-refractivity contribution >= 4 is 39.6 Å². The Bertz CT molecular complexity index is 1090. The summed E-state index contributed by atoms with van der Waals surface area (Å²) in [6.45, 7) is 3.63. The Morgan fingerprint density at radius 1 is 1.32 bits per heavy atom. The number of hydrogen-bond acceptors (Lipinski definition) is 6. The number of benzene rings is 1. The molecule has 28 heavy (non-hydrogen) atoms. The van der Waals surface area contributed by atoms with Crippen molar-refractivity contribution in [3.05, 3.63) is 52.6 Å². The highest BCUT2D eigenvalue weighted by molar-refractivity contribution is 7.87. The Morgan fingerprint density at radius 2 is 2.07 bits per heavy atom. The molecule has 3 heterocycles. The molecule has 1 aromatic carbocycles. The molecule has 0 amide bonds. The van der Waals surface area contributed by atoms with Crippen molar-refractivity contribution in [2.24, 2.45) is 10.7 Å². The van der Waals surface area contributed by atoms with Gasteiger partial charge in [-0.2, -0.15) is 0 Å². The van der Waals surface area contributed by atoms with Crippen molar-refractivity contribution in [3.63, 3.8) is 0 Å². The number of aliphatic imine (C=N–C) groups is 1. The Kier molecular flexibility index (Phi) is 4.89. The lowest BCUT2D eigenvalue weighted by atomic mass is 10.1. The molecular formula is C19H17ClFN3O2S2. The molecule has 9 heteroatoms. The minimum atomic E-state index is -1.17. The molecule has 0 saturated carbocycles. The molecule has 2 unspecified atom stereocenters. The van der Waals surface area contributed by atoms with Gasteiger partial charge in [-0.25, -0.2) is 9.37 Å². The number of nitrogens with zero attached hydrogens (tertiary/aromatic N) is 2. The third kappa shape index (κ3) is 3.40. The van der Waals surface area contributed by atoms with Gasteiger partial charge < -0.3 is 10.2 Å². The van der Waals surface area contributed by atoms with Crippen LogP contribution in [0.25, 0.3) is 21.8 Å². The van der Waals surface area contributed by atoms with Crippen LogP contribution in [0.1, 0.15) is 24.8 Å². The van der Waals surface area contributed by atoms with E-state index >= 15 is 0 Å². The number of halogens is 2. The number of aromatic nitrogens is 1. The molecule has 0 radical (unpaired) electrons. The second-order valence-electron chi connectivity index (χ2n) is 6.97. The Hall–Kier alpha value is -2.03. The summed E-state index contributed by atoms with van der Waals surface area (Å²) >= 11 is 7.85. The first-order valence-electron chi connectivity index (χ1n) is 8.47. The van der Waals surface area contributed by atoms with Gasteiger partial charge in [0.1, 0.15) is 11.7 Å². The first kappa shape index (κ1) is 19.3. The summed E-state index contributed by atoms with van der Waals surface area (Å²) in [5, 5.41) is 0.503. The van der Waals surface area contributed by atoms with E-state index in [1.54, 1.807) is 6.07 Å². The molecule has 2 N–H and O–H groups in total. The van der Waals surface area contributed by atoms with Crippen LogP contribution >= 0.6 is 22.9 Å². The minimum absolute atomic E-state index is 0.347. The number of hydrogen-bond donors (Lipinski definition) is 1. The fourth-order valence-electron chi connectivity index (χ4n) is 2.95. The van der Waals surface area contributed by atoms with Crippen molar-refractivity contribution < 1.29 is 13.0 Å². The largest absolute Gasteiger partial charge is 0.444 e. The monoisotopic (exact) mass is 437 g/mol. The summed E-state index contributed by atoms with van der Waals surface area (Å²) in [6.07, 6.45) is 2.83. The molecule has 0 saturated heterocycles. The zero-order chi connectivity index (χ0) is 20.1. The van der Waals surface area contributed by atoms with Gasteiger partial charge in [-0.15, -0.1) is 11.3 Å². The topological polar surface area (TPSA) is 81.5 Å². The van der Waals surface area contributed by atoms with Gasteiger partial charge in [0.15, 0.2) is 12.2 Å². The van der Waals surface area contributed by atoms with Gasteiger partial charge in [-0.05, 0) is 43.7 Å². The second kappa shape index (κ2) is 7.09. The summed E-state index contributed by atoms with van der Waals surface area (Å²) in [7, 11) is -1.17. The van der Waals surface area contributed by atoms with Crippen LogP contribution in [0.4, 0.5) is 4.39 Å². The van der Waals surface area contributed by atoms with Gasteiger partial charge in [-0.3, -0.25) is 9.20 Å². The van der Waals surface area contributed by atoms with Crippen LogP contribution in [0.3, 0.4) is 0 Å². The van der Waals surface area contributed by atoms with E-state index in [2.05, 4.69) is 9.98 Å². The highest BCUT2D eigenvalue weighted by Gasteiger charge is 2.38. The average molecular weight is 438 g/mol. The van der Waals surface area contributed by atoms with E-state index in [-0.39, 0.29) is 6.04 Å². The fraction of sp³-hybridized carbons (Fsp3) is 0.263.